The first-order valence-corrected chi connectivity index (χ1v) is 14.3. The predicted molar refractivity (Wildman–Crippen MR) is 146 cm³/mol. The molecule has 0 aliphatic carbocycles. The summed E-state index contributed by atoms with van der Waals surface area (Å²) in [5, 5.41) is 0. The molecule has 0 spiro atoms. The molecule has 0 saturated heterocycles. The van der Waals surface area contributed by atoms with Crippen LogP contribution in [0.3, 0.4) is 0 Å². The second-order valence-electron chi connectivity index (χ2n) is 10.4. The molecule has 0 N–H and O–H groups in total. The van der Waals surface area contributed by atoms with Crippen molar-refractivity contribution in [1.82, 2.24) is 0 Å². The van der Waals surface area contributed by atoms with Gasteiger partial charge in [-0.1, -0.05) is 70.4 Å². The molecule has 0 aromatic carbocycles. The molecular formula is C29H58NO5+. The number of unbranched alkanes of at least 4 members (excludes halogenated alkanes) is 11. The van der Waals surface area contributed by atoms with Crippen molar-refractivity contribution >= 4 is 5.97 Å². The van der Waals surface area contributed by atoms with E-state index in [1.807, 2.05) is 0 Å². The van der Waals surface area contributed by atoms with Gasteiger partial charge in [0.05, 0.1) is 60.8 Å². The van der Waals surface area contributed by atoms with E-state index in [0.29, 0.717) is 46.1 Å². The average Bonchev–Trinajstić information content (AvgIpc) is 2.81. The molecule has 0 radical (unpaired) electrons. The Hall–Kier alpha value is -0.950. The van der Waals surface area contributed by atoms with Crippen LogP contribution in [0.1, 0.15) is 96.8 Å². The van der Waals surface area contributed by atoms with Crippen LogP contribution in [0.2, 0.25) is 0 Å². The van der Waals surface area contributed by atoms with E-state index in [1.54, 1.807) is 0 Å². The third kappa shape index (κ3) is 31.0. The van der Waals surface area contributed by atoms with Gasteiger partial charge in [-0.3, -0.25) is 4.79 Å². The first kappa shape index (κ1) is 34.0. The highest BCUT2D eigenvalue weighted by atomic mass is 16.6. The summed E-state index contributed by atoms with van der Waals surface area (Å²) < 4.78 is 22.6. The predicted octanol–water partition coefficient (Wildman–Crippen LogP) is 6.32. The van der Waals surface area contributed by atoms with Crippen LogP contribution in [-0.2, 0) is 23.7 Å². The molecule has 0 saturated carbocycles. The monoisotopic (exact) mass is 500 g/mol. The summed E-state index contributed by atoms with van der Waals surface area (Å²) in [5.41, 5.74) is 0. The van der Waals surface area contributed by atoms with Gasteiger partial charge in [0.2, 0.25) is 0 Å². The number of quaternary nitrogens is 1. The Balaban J connectivity index is 3.23. The maximum atomic E-state index is 11.8. The van der Waals surface area contributed by atoms with E-state index >= 15 is 0 Å². The van der Waals surface area contributed by atoms with Crippen molar-refractivity contribution in [3.05, 3.63) is 12.2 Å². The Morgan fingerprint density at radius 1 is 0.600 bits per heavy atom. The molecule has 0 rings (SSSR count). The Kier molecular flexibility index (Phi) is 25.4. The van der Waals surface area contributed by atoms with Gasteiger partial charge in [0.25, 0.3) is 0 Å². The topological polar surface area (TPSA) is 54.0 Å². The number of nitrogens with zero attached hydrogens (tertiary/aromatic N) is 1. The SMILES string of the molecule is CCCCCCCC/C=C\CCCCCCCC(=O)OCCOCCOCCOCC[N+](C)(C)C. The number of hydrogen-bond donors (Lipinski definition) is 0. The number of ether oxygens (including phenoxy) is 4. The minimum absolute atomic E-state index is 0.117. The summed E-state index contributed by atoms with van der Waals surface area (Å²) in [6.45, 7) is 6.94. The van der Waals surface area contributed by atoms with Crippen molar-refractivity contribution in [3.63, 3.8) is 0 Å². The summed E-state index contributed by atoms with van der Waals surface area (Å²) in [4.78, 5) is 11.8. The number of rotatable bonds is 27. The summed E-state index contributed by atoms with van der Waals surface area (Å²) >= 11 is 0. The molecule has 0 bridgehead atoms. The number of hydrogen-bond acceptors (Lipinski definition) is 5. The van der Waals surface area contributed by atoms with Crippen LogP contribution in [0.25, 0.3) is 0 Å². The summed E-state index contributed by atoms with van der Waals surface area (Å²) in [6, 6.07) is 0. The van der Waals surface area contributed by atoms with E-state index < -0.39 is 0 Å². The Bertz CT molecular complexity index is 476. The number of carbonyl (C=O) groups excluding carboxylic acids is 1. The fourth-order valence-electron chi connectivity index (χ4n) is 3.51. The van der Waals surface area contributed by atoms with Crippen molar-refractivity contribution in [2.75, 3.05) is 73.9 Å². The van der Waals surface area contributed by atoms with E-state index in [-0.39, 0.29) is 5.97 Å². The van der Waals surface area contributed by atoms with Crippen LogP contribution in [0.5, 0.6) is 0 Å². The van der Waals surface area contributed by atoms with Gasteiger partial charge in [0.15, 0.2) is 0 Å². The van der Waals surface area contributed by atoms with Crippen LogP contribution < -0.4 is 0 Å². The molecule has 0 unspecified atom stereocenters. The second-order valence-corrected chi connectivity index (χ2v) is 10.4. The number of likely N-dealkylation sites (N-methyl/N-ethyl adjacent to an activating group) is 1. The minimum Gasteiger partial charge on any atom is -0.463 e. The highest BCUT2D eigenvalue weighted by Crippen LogP contribution is 2.10. The van der Waals surface area contributed by atoms with Crippen LogP contribution >= 0.6 is 0 Å². The maximum Gasteiger partial charge on any atom is 0.305 e. The highest BCUT2D eigenvalue weighted by molar-refractivity contribution is 5.69. The molecule has 208 valence electrons. The molecule has 35 heavy (non-hydrogen) atoms. The molecule has 0 aliphatic heterocycles. The van der Waals surface area contributed by atoms with Crippen LogP contribution in [0.15, 0.2) is 12.2 Å². The lowest BCUT2D eigenvalue weighted by Crippen LogP contribution is -2.37. The lowest BCUT2D eigenvalue weighted by Gasteiger charge is -2.23. The van der Waals surface area contributed by atoms with Gasteiger partial charge in [-0.15, -0.1) is 0 Å². The van der Waals surface area contributed by atoms with Crippen molar-refractivity contribution in [1.29, 1.82) is 0 Å². The zero-order valence-corrected chi connectivity index (χ0v) is 23.7. The smallest absolute Gasteiger partial charge is 0.305 e. The normalized spacial score (nSPS) is 12.0. The van der Waals surface area contributed by atoms with E-state index in [4.69, 9.17) is 18.9 Å². The van der Waals surface area contributed by atoms with Crippen LogP contribution in [-0.4, -0.2) is 84.4 Å². The molecule has 0 aromatic heterocycles. The molecule has 0 atom stereocenters. The van der Waals surface area contributed by atoms with E-state index in [0.717, 1.165) is 30.5 Å². The average molecular weight is 501 g/mol. The first-order valence-electron chi connectivity index (χ1n) is 14.3. The van der Waals surface area contributed by atoms with Gasteiger partial charge < -0.3 is 23.4 Å². The molecule has 0 amide bonds. The Morgan fingerprint density at radius 2 is 1.06 bits per heavy atom. The zero-order chi connectivity index (χ0) is 25.9. The van der Waals surface area contributed by atoms with Gasteiger partial charge in [-0.25, -0.2) is 0 Å². The molecule has 6 nitrogen and oxygen atoms in total. The third-order valence-corrected chi connectivity index (χ3v) is 5.78. The van der Waals surface area contributed by atoms with Crippen LogP contribution in [0, 0.1) is 0 Å². The first-order chi connectivity index (χ1) is 17.0. The molecule has 0 aromatic rings. The number of allylic oxidation sites excluding steroid dienone is 2. The van der Waals surface area contributed by atoms with Gasteiger partial charge in [0.1, 0.15) is 13.2 Å². The minimum atomic E-state index is -0.117. The second kappa shape index (κ2) is 26.1. The highest BCUT2D eigenvalue weighted by Gasteiger charge is 2.05. The van der Waals surface area contributed by atoms with Crippen molar-refractivity contribution in [2.24, 2.45) is 0 Å². The quantitative estimate of drug-likeness (QED) is 0.0571. The van der Waals surface area contributed by atoms with Gasteiger partial charge in [0, 0.05) is 6.42 Å². The Morgan fingerprint density at radius 3 is 1.60 bits per heavy atom. The lowest BCUT2D eigenvalue weighted by molar-refractivity contribution is -0.870. The van der Waals surface area contributed by atoms with Crippen molar-refractivity contribution < 1.29 is 28.2 Å². The van der Waals surface area contributed by atoms with E-state index in [9.17, 15) is 4.79 Å². The fraction of sp³-hybridized carbons (Fsp3) is 0.897. The molecule has 0 heterocycles. The Labute approximate surface area is 217 Å². The van der Waals surface area contributed by atoms with Crippen molar-refractivity contribution in [2.45, 2.75) is 96.8 Å². The zero-order valence-electron chi connectivity index (χ0n) is 23.7. The largest absolute Gasteiger partial charge is 0.463 e. The summed E-state index contributed by atoms with van der Waals surface area (Å²) in [7, 11) is 6.44. The molecule has 6 heteroatoms. The molecule has 0 fully saturated rings. The van der Waals surface area contributed by atoms with E-state index in [1.165, 1.54) is 70.6 Å². The van der Waals surface area contributed by atoms with Crippen molar-refractivity contribution in [3.8, 4) is 0 Å². The maximum absolute atomic E-state index is 11.8. The summed E-state index contributed by atoms with van der Waals surface area (Å²) in [5.74, 6) is -0.117. The third-order valence-electron chi connectivity index (χ3n) is 5.78. The summed E-state index contributed by atoms with van der Waals surface area (Å²) in [6.07, 6.45) is 21.6. The molecular weight excluding hydrogens is 442 g/mol. The van der Waals surface area contributed by atoms with Gasteiger partial charge in [-0.2, -0.15) is 0 Å². The number of carbonyl (C=O) groups is 1. The molecule has 0 aliphatic rings. The van der Waals surface area contributed by atoms with E-state index in [2.05, 4.69) is 40.2 Å². The fourth-order valence-corrected chi connectivity index (χ4v) is 3.51. The number of esters is 1. The standard InChI is InChI=1S/C29H58NO5/c1-5-6-7-8-9-10-11-12-13-14-15-16-17-18-19-20-29(31)35-28-27-34-26-25-33-24-23-32-22-21-30(2,3)4/h12-13H,5-11,14-28H2,1-4H3/q+1/b13-12-. The lowest BCUT2D eigenvalue weighted by atomic mass is 10.1. The van der Waals surface area contributed by atoms with Gasteiger partial charge >= 0.3 is 5.97 Å². The van der Waals surface area contributed by atoms with Gasteiger partial charge in [-0.05, 0) is 32.1 Å². The van der Waals surface area contributed by atoms with Crippen LogP contribution in [0.4, 0.5) is 0 Å².